The third-order valence-corrected chi connectivity index (χ3v) is 6.80. The molecule has 1 N–H and O–H groups in total. The second kappa shape index (κ2) is 9.04. The van der Waals surface area contributed by atoms with Gasteiger partial charge in [-0.05, 0) is 11.6 Å². The Labute approximate surface area is 175 Å². The number of benzene rings is 1. The number of rotatable bonds is 6. The lowest BCUT2D eigenvalue weighted by Crippen LogP contribution is -2.36. The highest BCUT2D eigenvalue weighted by atomic mass is 35.5. The minimum Gasteiger partial charge on any atom is -0.378 e. The van der Waals surface area contributed by atoms with E-state index in [1.807, 2.05) is 24.3 Å². The average molecular weight is 436 g/mol. The average Bonchev–Trinajstić information content (AvgIpc) is 3.17. The molecule has 1 aliphatic rings. The molecule has 4 rings (SSSR count). The largest absolute Gasteiger partial charge is 0.378 e. The van der Waals surface area contributed by atoms with E-state index in [9.17, 15) is 4.79 Å². The topological polar surface area (TPSA) is 80.2 Å². The normalized spacial score (nSPS) is 14.4. The number of anilines is 1. The number of ether oxygens (including phenoxy) is 1. The molecule has 1 aliphatic heterocycles. The number of carbonyl (C=O) groups is 1. The van der Waals surface area contributed by atoms with Gasteiger partial charge in [0.25, 0.3) is 0 Å². The van der Waals surface area contributed by atoms with E-state index in [0.717, 1.165) is 33.5 Å². The maximum absolute atomic E-state index is 12.2. The number of morpholine rings is 1. The fraction of sp³-hybridized carbons (Fsp3) is 0.333. The van der Waals surface area contributed by atoms with Gasteiger partial charge in [0.15, 0.2) is 10.8 Å². The van der Waals surface area contributed by atoms with Gasteiger partial charge in [-0.15, -0.1) is 0 Å². The van der Waals surface area contributed by atoms with Crippen molar-refractivity contribution in [2.75, 3.05) is 37.0 Å². The Morgan fingerprint density at radius 3 is 2.93 bits per heavy atom. The van der Waals surface area contributed by atoms with Crippen LogP contribution in [0.25, 0.3) is 10.3 Å². The predicted octanol–water partition coefficient (Wildman–Crippen LogP) is 2.98. The van der Waals surface area contributed by atoms with Gasteiger partial charge in [-0.25, -0.2) is 9.97 Å². The molecule has 10 heteroatoms. The first-order chi connectivity index (χ1) is 13.7. The molecule has 0 spiro atoms. The van der Waals surface area contributed by atoms with Crippen molar-refractivity contribution in [3.63, 3.8) is 0 Å². The standard InChI is InChI=1S/C18H18ClN5O2S2/c19-13-4-2-1-3-12(13)9-20-14(25)10-27-17-15-16(21-11-22-17)23-18(28-15)24-5-7-26-8-6-24/h1-4,11H,5-10H2,(H,20,25). The van der Waals surface area contributed by atoms with Crippen LogP contribution < -0.4 is 10.2 Å². The van der Waals surface area contributed by atoms with Gasteiger partial charge < -0.3 is 15.0 Å². The molecule has 2 aromatic heterocycles. The molecule has 0 radical (unpaired) electrons. The molecule has 0 aliphatic carbocycles. The summed E-state index contributed by atoms with van der Waals surface area (Å²) >= 11 is 9.07. The lowest BCUT2D eigenvalue weighted by molar-refractivity contribution is -0.118. The fourth-order valence-corrected chi connectivity index (χ4v) is 4.91. The van der Waals surface area contributed by atoms with Crippen LogP contribution in [0.2, 0.25) is 5.02 Å². The number of amides is 1. The molecule has 0 bridgehead atoms. The lowest BCUT2D eigenvalue weighted by Gasteiger charge is -2.25. The van der Waals surface area contributed by atoms with Crippen molar-refractivity contribution in [1.29, 1.82) is 0 Å². The van der Waals surface area contributed by atoms with Gasteiger partial charge in [-0.1, -0.05) is 52.9 Å². The van der Waals surface area contributed by atoms with Gasteiger partial charge in [-0.2, -0.15) is 4.98 Å². The monoisotopic (exact) mass is 435 g/mol. The number of thioether (sulfide) groups is 1. The van der Waals surface area contributed by atoms with E-state index in [1.165, 1.54) is 18.1 Å². The van der Waals surface area contributed by atoms with E-state index in [-0.39, 0.29) is 11.7 Å². The van der Waals surface area contributed by atoms with Crippen molar-refractivity contribution in [3.8, 4) is 0 Å². The smallest absolute Gasteiger partial charge is 0.230 e. The molecule has 3 heterocycles. The number of aromatic nitrogens is 3. The van der Waals surface area contributed by atoms with E-state index in [4.69, 9.17) is 16.3 Å². The van der Waals surface area contributed by atoms with Crippen LogP contribution in [0.5, 0.6) is 0 Å². The van der Waals surface area contributed by atoms with Crippen LogP contribution in [-0.4, -0.2) is 52.9 Å². The summed E-state index contributed by atoms with van der Waals surface area (Å²) in [7, 11) is 0. The van der Waals surface area contributed by atoms with Gasteiger partial charge >= 0.3 is 0 Å². The molecule has 1 fully saturated rings. The van der Waals surface area contributed by atoms with Gasteiger partial charge in [-0.3, -0.25) is 4.79 Å². The van der Waals surface area contributed by atoms with E-state index in [0.29, 0.717) is 30.4 Å². The Hall–Kier alpha value is -1.94. The third-order valence-electron chi connectivity index (χ3n) is 4.20. The molecule has 0 atom stereocenters. The van der Waals surface area contributed by atoms with Gasteiger partial charge in [0.05, 0.1) is 19.0 Å². The zero-order chi connectivity index (χ0) is 19.3. The van der Waals surface area contributed by atoms with Crippen molar-refractivity contribution in [3.05, 3.63) is 41.2 Å². The Morgan fingerprint density at radius 2 is 2.11 bits per heavy atom. The zero-order valence-electron chi connectivity index (χ0n) is 14.9. The summed E-state index contributed by atoms with van der Waals surface area (Å²) in [5.74, 6) is 0.191. The summed E-state index contributed by atoms with van der Waals surface area (Å²) in [5.41, 5.74) is 1.56. The van der Waals surface area contributed by atoms with Crippen LogP contribution in [0.4, 0.5) is 5.13 Å². The molecular formula is C18H18ClN5O2S2. The van der Waals surface area contributed by atoms with Crippen LogP contribution in [-0.2, 0) is 16.1 Å². The van der Waals surface area contributed by atoms with Crippen LogP contribution in [0.15, 0.2) is 35.6 Å². The molecule has 1 saturated heterocycles. The first-order valence-corrected chi connectivity index (χ1v) is 11.0. The molecule has 28 heavy (non-hydrogen) atoms. The SMILES string of the molecule is O=C(CSc1ncnc2nc(N3CCOCC3)sc12)NCc1ccccc1Cl. The Morgan fingerprint density at radius 1 is 1.29 bits per heavy atom. The number of fused-ring (bicyclic) bond motifs is 1. The highest BCUT2D eigenvalue weighted by Crippen LogP contribution is 2.33. The highest BCUT2D eigenvalue weighted by molar-refractivity contribution is 8.00. The minimum atomic E-state index is -0.0744. The van der Waals surface area contributed by atoms with Gasteiger partial charge in [0.1, 0.15) is 16.1 Å². The Balaban J connectivity index is 1.39. The van der Waals surface area contributed by atoms with Gasteiger partial charge in [0, 0.05) is 24.7 Å². The number of halogens is 1. The van der Waals surface area contributed by atoms with E-state index < -0.39 is 0 Å². The van der Waals surface area contributed by atoms with Gasteiger partial charge in [0.2, 0.25) is 5.91 Å². The van der Waals surface area contributed by atoms with E-state index in [2.05, 4.69) is 25.2 Å². The summed E-state index contributed by atoms with van der Waals surface area (Å²) < 4.78 is 6.31. The maximum Gasteiger partial charge on any atom is 0.230 e. The molecule has 1 aromatic carbocycles. The van der Waals surface area contributed by atoms with Crippen LogP contribution >= 0.6 is 34.7 Å². The zero-order valence-corrected chi connectivity index (χ0v) is 17.3. The van der Waals surface area contributed by atoms with Crippen molar-refractivity contribution in [2.45, 2.75) is 11.6 Å². The second-order valence-electron chi connectivity index (χ2n) is 6.08. The Kier molecular flexibility index (Phi) is 6.26. The Bertz CT molecular complexity index is 978. The summed E-state index contributed by atoms with van der Waals surface area (Å²) in [6.07, 6.45) is 1.50. The van der Waals surface area contributed by atoms with Crippen LogP contribution in [0.3, 0.4) is 0 Å². The highest BCUT2D eigenvalue weighted by Gasteiger charge is 2.18. The van der Waals surface area contributed by atoms with Crippen molar-refractivity contribution in [1.82, 2.24) is 20.3 Å². The summed E-state index contributed by atoms with van der Waals surface area (Å²) in [4.78, 5) is 27.7. The summed E-state index contributed by atoms with van der Waals surface area (Å²) in [5, 5.41) is 5.23. The first kappa shape index (κ1) is 19.4. The minimum absolute atomic E-state index is 0.0744. The molecule has 0 saturated carbocycles. The number of nitrogens with zero attached hydrogens (tertiary/aromatic N) is 4. The van der Waals surface area contributed by atoms with Crippen LogP contribution in [0.1, 0.15) is 5.56 Å². The van der Waals surface area contributed by atoms with Crippen molar-refractivity contribution in [2.24, 2.45) is 0 Å². The van der Waals surface area contributed by atoms with E-state index in [1.54, 1.807) is 11.3 Å². The van der Waals surface area contributed by atoms with Crippen LogP contribution in [0, 0.1) is 0 Å². The number of hydrogen-bond donors (Lipinski definition) is 1. The number of hydrogen-bond acceptors (Lipinski definition) is 8. The predicted molar refractivity (Wildman–Crippen MR) is 112 cm³/mol. The van der Waals surface area contributed by atoms with Crippen molar-refractivity contribution < 1.29 is 9.53 Å². The van der Waals surface area contributed by atoms with Crippen molar-refractivity contribution >= 4 is 56.1 Å². The molecule has 7 nitrogen and oxygen atoms in total. The summed E-state index contributed by atoms with van der Waals surface area (Å²) in [6, 6.07) is 7.47. The maximum atomic E-state index is 12.2. The quantitative estimate of drug-likeness (QED) is 0.471. The molecular weight excluding hydrogens is 418 g/mol. The third kappa shape index (κ3) is 4.54. The molecule has 3 aromatic rings. The number of thiazole rings is 1. The number of carbonyl (C=O) groups excluding carboxylic acids is 1. The molecule has 0 unspecified atom stereocenters. The lowest BCUT2D eigenvalue weighted by atomic mass is 10.2. The first-order valence-electron chi connectivity index (χ1n) is 8.78. The second-order valence-corrected chi connectivity index (χ2v) is 8.43. The number of nitrogens with one attached hydrogen (secondary N) is 1. The fourth-order valence-electron chi connectivity index (χ4n) is 2.74. The molecule has 1 amide bonds. The summed E-state index contributed by atoms with van der Waals surface area (Å²) in [6.45, 7) is 3.45. The van der Waals surface area contributed by atoms with E-state index >= 15 is 0 Å². The molecule has 146 valence electrons.